The van der Waals surface area contributed by atoms with E-state index in [2.05, 4.69) is 122 Å². The molecule has 0 saturated carbocycles. The fraction of sp³-hybridized carbons (Fsp3) is 0.0909. The van der Waals surface area contributed by atoms with Crippen molar-refractivity contribution in [1.82, 2.24) is 0 Å². The van der Waals surface area contributed by atoms with Crippen LogP contribution in [0.25, 0.3) is 23.6 Å². The van der Waals surface area contributed by atoms with Crippen molar-refractivity contribution >= 4 is 40.7 Å². The third kappa shape index (κ3) is 3.64. The number of benzene rings is 4. The Hall–Kier alpha value is -4.28. The Kier molecular flexibility index (Phi) is 5.66. The second kappa shape index (κ2) is 8.93. The molecule has 0 radical (unpaired) electrons. The predicted molar refractivity (Wildman–Crippen MR) is 146 cm³/mol. The van der Waals surface area contributed by atoms with Gasteiger partial charge in [-0.15, -0.1) is 0 Å². The molecule has 0 unspecified atom stereocenters. The molecule has 0 aromatic heterocycles. The van der Waals surface area contributed by atoms with Gasteiger partial charge in [0.05, 0.1) is 10.9 Å². The van der Waals surface area contributed by atoms with E-state index in [4.69, 9.17) is 0 Å². The van der Waals surface area contributed by atoms with Gasteiger partial charge in [0.25, 0.3) is 0 Å². The molecule has 0 aliphatic heterocycles. The molecule has 1 aliphatic rings. The Morgan fingerprint density at radius 3 is 1.91 bits per heavy atom. The summed E-state index contributed by atoms with van der Waals surface area (Å²) >= 11 is 0. The van der Waals surface area contributed by atoms with Gasteiger partial charge in [-0.3, -0.25) is 0 Å². The Labute approximate surface area is 201 Å². The number of aryl methyl sites for hydroxylation is 2. The van der Waals surface area contributed by atoms with Gasteiger partial charge < -0.3 is 4.90 Å². The van der Waals surface area contributed by atoms with Gasteiger partial charge in [-0.1, -0.05) is 86.2 Å². The fourth-order valence-corrected chi connectivity index (χ4v) is 4.70. The average molecular weight is 438 g/mol. The summed E-state index contributed by atoms with van der Waals surface area (Å²) in [6.45, 7) is 12.2. The van der Waals surface area contributed by atoms with Crippen molar-refractivity contribution < 1.29 is 0 Å². The van der Waals surface area contributed by atoms with E-state index in [9.17, 15) is 0 Å². The molecule has 0 saturated heterocycles. The molecule has 1 aliphatic carbocycles. The molecule has 34 heavy (non-hydrogen) atoms. The van der Waals surface area contributed by atoms with Gasteiger partial charge in [0.2, 0.25) is 0 Å². The van der Waals surface area contributed by atoms with Crippen molar-refractivity contribution in [2.45, 2.75) is 20.3 Å². The molecular weight excluding hydrogens is 410 g/mol. The van der Waals surface area contributed by atoms with Gasteiger partial charge in [-0.2, -0.15) is 0 Å². The van der Waals surface area contributed by atoms with Crippen LogP contribution in [0.2, 0.25) is 0 Å². The molecule has 0 bridgehead atoms. The van der Waals surface area contributed by atoms with Crippen LogP contribution in [0.15, 0.2) is 92.0 Å². The molecule has 0 fully saturated rings. The minimum absolute atomic E-state index is 0.976. The molecule has 0 heterocycles. The van der Waals surface area contributed by atoms with Gasteiger partial charge in [0.15, 0.2) is 0 Å². The molecular formula is C33H27N. The maximum absolute atomic E-state index is 3.90. The van der Waals surface area contributed by atoms with Crippen LogP contribution in [0.1, 0.15) is 29.2 Å². The molecule has 1 heteroatoms. The first-order valence-corrected chi connectivity index (χ1v) is 11.7. The van der Waals surface area contributed by atoms with Gasteiger partial charge in [-0.05, 0) is 72.0 Å². The highest BCUT2D eigenvalue weighted by atomic mass is 15.1. The second-order valence-electron chi connectivity index (χ2n) is 8.52. The third-order valence-corrected chi connectivity index (χ3v) is 6.51. The van der Waals surface area contributed by atoms with E-state index in [0.29, 0.717) is 0 Å². The van der Waals surface area contributed by atoms with Crippen molar-refractivity contribution in [2.24, 2.45) is 0 Å². The highest BCUT2D eigenvalue weighted by Crippen LogP contribution is 2.33. The van der Waals surface area contributed by atoms with E-state index in [1.165, 1.54) is 21.6 Å². The van der Waals surface area contributed by atoms with Crippen LogP contribution in [-0.4, -0.2) is 0 Å². The molecule has 5 rings (SSSR count). The molecule has 0 atom stereocenters. The molecule has 4 aromatic rings. The van der Waals surface area contributed by atoms with E-state index in [0.717, 1.165) is 45.0 Å². The molecule has 0 N–H and O–H groups in total. The van der Waals surface area contributed by atoms with Gasteiger partial charge in [0, 0.05) is 27.0 Å². The number of nitrogens with zero attached hydrogens (tertiary/aromatic N) is 1. The summed E-state index contributed by atoms with van der Waals surface area (Å²) in [7, 11) is 0. The normalized spacial score (nSPS) is 11.0. The summed E-state index contributed by atoms with van der Waals surface area (Å²) in [5.41, 5.74) is 15.0. The van der Waals surface area contributed by atoms with E-state index in [-0.39, 0.29) is 0 Å². The lowest BCUT2D eigenvalue weighted by Gasteiger charge is -2.26. The SMILES string of the molecule is C=Cc1ccc(N(c2ccc(C=C)cc2)c2ccc(C)c3c2=C=C=c2cccc(CC)c2=3)cc1. The van der Waals surface area contributed by atoms with Crippen molar-refractivity contribution in [3.8, 4) is 0 Å². The maximum atomic E-state index is 3.90. The standard InChI is InChI=1S/C33H27N/c1-5-24-12-17-28(18-13-24)34(29-19-14-25(6-2)15-20-29)31-22-11-23(4)32-30(31)21-16-27-10-8-9-26(7-3)33(27)32/h5-6,8-15,17-20,22H,1-2,7H2,3-4H3. The lowest BCUT2D eigenvalue weighted by molar-refractivity contribution is 1.10. The number of hydrogen-bond donors (Lipinski definition) is 0. The van der Waals surface area contributed by atoms with Crippen LogP contribution >= 0.6 is 0 Å². The summed E-state index contributed by atoms with van der Waals surface area (Å²) in [5.74, 6) is 0. The first-order chi connectivity index (χ1) is 16.6. The Bertz CT molecular complexity index is 1630. The van der Waals surface area contributed by atoms with Gasteiger partial charge in [0.1, 0.15) is 0 Å². The number of fused-ring (bicyclic) bond motifs is 2. The molecule has 0 amide bonds. The molecule has 4 aromatic carbocycles. The average Bonchev–Trinajstić information content (AvgIpc) is 2.90. The van der Waals surface area contributed by atoms with Crippen molar-refractivity contribution in [1.29, 1.82) is 0 Å². The van der Waals surface area contributed by atoms with E-state index < -0.39 is 0 Å². The maximum Gasteiger partial charge on any atom is 0.0624 e. The van der Waals surface area contributed by atoms with E-state index in [1.54, 1.807) is 0 Å². The molecule has 0 spiro atoms. The van der Waals surface area contributed by atoms with Gasteiger partial charge in [-0.25, -0.2) is 0 Å². The minimum atomic E-state index is 0.976. The number of anilines is 3. The zero-order valence-corrected chi connectivity index (χ0v) is 19.7. The lowest BCUT2D eigenvalue weighted by atomic mass is 9.98. The first-order valence-electron chi connectivity index (χ1n) is 11.7. The Morgan fingerprint density at radius 2 is 1.35 bits per heavy atom. The van der Waals surface area contributed by atoms with E-state index >= 15 is 0 Å². The van der Waals surface area contributed by atoms with Gasteiger partial charge >= 0.3 is 0 Å². The summed E-state index contributed by atoms with van der Waals surface area (Å²) in [6, 6.07) is 27.9. The molecule has 1 nitrogen and oxygen atoms in total. The lowest BCUT2D eigenvalue weighted by Crippen LogP contribution is -2.22. The third-order valence-electron chi connectivity index (χ3n) is 6.51. The quantitative estimate of drug-likeness (QED) is 0.278. The topological polar surface area (TPSA) is 3.24 Å². The van der Waals surface area contributed by atoms with Crippen molar-refractivity contribution in [3.05, 3.63) is 135 Å². The summed E-state index contributed by atoms with van der Waals surface area (Å²) in [6.07, 6.45) is 4.72. The molecule has 164 valence electrons. The zero-order chi connectivity index (χ0) is 23.7. The van der Waals surface area contributed by atoms with Crippen molar-refractivity contribution in [3.63, 3.8) is 0 Å². The highest BCUT2D eigenvalue weighted by molar-refractivity contribution is 5.79. The number of rotatable bonds is 6. The second-order valence-corrected chi connectivity index (χ2v) is 8.52. The van der Waals surface area contributed by atoms with Crippen LogP contribution in [0.4, 0.5) is 17.1 Å². The summed E-state index contributed by atoms with van der Waals surface area (Å²) in [5, 5.41) is 4.72. The smallest absolute Gasteiger partial charge is 0.0624 e. The van der Waals surface area contributed by atoms with Crippen LogP contribution in [-0.2, 0) is 6.42 Å². The summed E-state index contributed by atoms with van der Waals surface area (Å²) in [4.78, 5) is 2.30. The minimum Gasteiger partial charge on any atom is -0.309 e. The Balaban J connectivity index is 1.88. The monoisotopic (exact) mass is 437 g/mol. The first kappa shape index (κ1) is 21.6. The zero-order valence-electron chi connectivity index (χ0n) is 19.7. The van der Waals surface area contributed by atoms with Crippen LogP contribution in [0.3, 0.4) is 0 Å². The Morgan fingerprint density at radius 1 is 0.735 bits per heavy atom. The predicted octanol–water partition coefficient (Wildman–Crippen LogP) is 6.93. The number of hydrogen-bond acceptors (Lipinski definition) is 1. The van der Waals surface area contributed by atoms with Crippen LogP contribution in [0, 0.1) is 17.4 Å². The van der Waals surface area contributed by atoms with E-state index in [1.807, 2.05) is 12.2 Å². The summed E-state index contributed by atoms with van der Waals surface area (Å²) < 4.78 is 0. The largest absolute Gasteiger partial charge is 0.309 e. The highest BCUT2D eigenvalue weighted by Gasteiger charge is 2.16. The fourth-order valence-electron chi connectivity index (χ4n) is 4.70. The van der Waals surface area contributed by atoms with Crippen LogP contribution < -0.4 is 15.3 Å². The van der Waals surface area contributed by atoms with Crippen molar-refractivity contribution in [2.75, 3.05) is 4.90 Å². The van der Waals surface area contributed by atoms with Crippen LogP contribution in [0.5, 0.6) is 0 Å².